The third-order valence-electron chi connectivity index (χ3n) is 2.96. The second-order valence-corrected chi connectivity index (χ2v) is 4.50. The molecule has 0 bridgehead atoms. The number of likely N-dealkylation sites (tertiary alicyclic amines) is 1. The molecule has 0 aromatic carbocycles. The summed E-state index contributed by atoms with van der Waals surface area (Å²) in [5, 5.41) is 0. The summed E-state index contributed by atoms with van der Waals surface area (Å²) < 4.78 is 4.81. The van der Waals surface area contributed by atoms with Gasteiger partial charge >= 0.3 is 0 Å². The van der Waals surface area contributed by atoms with Crippen LogP contribution in [0, 0.1) is 11.8 Å². The monoisotopic (exact) mass is 199 g/mol. The second kappa shape index (κ2) is 5.47. The second-order valence-electron chi connectivity index (χ2n) is 4.50. The molecule has 0 spiro atoms. The predicted molar refractivity (Wildman–Crippen MR) is 56.3 cm³/mol. The van der Waals surface area contributed by atoms with E-state index in [1.807, 2.05) is 0 Å². The molecule has 0 radical (unpaired) electrons. The van der Waals surface area contributed by atoms with Gasteiger partial charge in [0.1, 0.15) is 6.61 Å². The molecule has 1 rings (SSSR count). The topological polar surface area (TPSA) is 29.5 Å². The molecule has 0 aliphatic carbocycles. The van der Waals surface area contributed by atoms with Crippen molar-refractivity contribution < 1.29 is 9.53 Å². The van der Waals surface area contributed by atoms with Gasteiger partial charge in [0.05, 0.1) is 6.54 Å². The Morgan fingerprint density at radius 3 is 2.79 bits per heavy atom. The van der Waals surface area contributed by atoms with Crippen molar-refractivity contribution in [1.82, 2.24) is 4.90 Å². The van der Waals surface area contributed by atoms with Gasteiger partial charge in [0.25, 0.3) is 0 Å². The lowest BCUT2D eigenvalue weighted by Gasteiger charge is -2.16. The number of hydrogen-bond acceptors (Lipinski definition) is 3. The van der Waals surface area contributed by atoms with Gasteiger partial charge in [-0.2, -0.15) is 0 Å². The molecule has 14 heavy (non-hydrogen) atoms. The van der Waals surface area contributed by atoms with E-state index in [9.17, 15) is 4.79 Å². The lowest BCUT2D eigenvalue weighted by Crippen LogP contribution is -2.30. The van der Waals surface area contributed by atoms with Crippen LogP contribution in [0.25, 0.3) is 0 Å². The van der Waals surface area contributed by atoms with Crippen molar-refractivity contribution in [3.8, 4) is 0 Å². The fourth-order valence-corrected chi connectivity index (χ4v) is 2.01. The number of methoxy groups -OCH3 is 1. The Bertz CT molecular complexity index is 192. The molecule has 1 aliphatic rings. The Hall–Kier alpha value is -0.410. The first-order chi connectivity index (χ1) is 6.63. The highest BCUT2D eigenvalue weighted by Gasteiger charge is 2.25. The minimum atomic E-state index is 0.192. The van der Waals surface area contributed by atoms with Crippen molar-refractivity contribution in [3.05, 3.63) is 0 Å². The Labute approximate surface area is 86.4 Å². The molecule has 0 aromatic rings. The van der Waals surface area contributed by atoms with Gasteiger partial charge in [0.2, 0.25) is 0 Å². The molecule has 82 valence electrons. The summed E-state index contributed by atoms with van der Waals surface area (Å²) in [5.74, 6) is 1.69. The molecular formula is C11H21NO2. The average molecular weight is 199 g/mol. The van der Waals surface area contributed by atoms with E-state index in [0.29, 0.717) is 6.54 Å². The number of hydrogen-bond donors (Lipinski definition) is 0. The van der Waals surface area contributed by atoms with Crippen molar-refractivity contribution in [3.63, 3.8) is 0 Å². The third-order valence-corrected chi connectivity index (χ3v) is 2.96. The van der Waals surface area contributed by atoms with Gasteiger partial charge in [0, 0.05) is 13.7 Å². The highest BCUT2D eigenvalue weighted by Crippen LogP contribution is 2.23. The molecule has 1 aliphatic heterocycles. The highest BCUT2D eigenvalue weighted by atomic mass is 16.5. The highest BCUT2D eigenvalue weighted by molar-refractivity contribution is 5.81. The third kappa shape index (κ3) is 3.39. The van der Waals surface area contributed by atoms with Gasteiger partial charge in [-0.25, -0.2) is 0 Å². The average Bonchev–Trinajstić information content (AvgIpc) is 2.53. The summed E-state index contributed by atoms with van der Waals surface area (Å²) in [6, 6.07) is 0. The lowest BCUT2D eigenvalue weighted by molar-refractivity contribution is -0.123. The number of ketones is 1. The molecule has 1 fully saturated rings. The maximum absolute atomic E-state index is 11.3. The van der Waals surface area contributed by atoms with Crippen LogP contribution >= 0.6 is 0 Å². The number of Topliss-reactive ketones (excluding diaryl/α,β-unsaturated/α-hetero) is 1. The number of ether oxygens (including phenoxy) is 1. The largest absolute Gasteiger partial charge is 0.377 e. The molecule has 1 atom stereocenters. The predicted octanol–water partition coefficient (Wildman–Crippen LogP) is 1.18. The van der Waals surface area contributed by atoms with Crippen molar-refractivity contribution in [1.29, 1.82) is 0 Å². The molecule has 0 amide bonds. The Kier molecular flexibility index (Phi) is 4.55. The van der Waals surface area contributed by atoms with E-state index in [2.05, 4.69) is 18.7 Å². The smallest absolute Gasteiger partial charge is 0.172 e. The van der Waals surface area contributed by atoms with Crippen molar-refractivity contribution in [2.24, 2.45) is 11.8 Å². The van der Waals surface area contributed by atoms with E-state index >= 15 is 0 Å². The van der Waals surface area contributed by atoms with E-state index in [1.165, 1.54) is 6.42 Å². The summed E-state index contributed by atoms with van der Waals surface area (Å²) in [4.78, 5) is 13.6. The molecule has 1 unspecified atom stereocenters. The van der Waals surface area contributed by atoms with Crippen LogP contribution in [0.5, 0.6) is 0 Å². The number of carbonyl (C=O) groups is 1. The zero-order chi connectivity index (χ0) is 10.6. The first-order valence-electron chi connectivity index (χ1n) is 5.36. The van der Waals surface area contributed by atoms with Crippen molar-refractivity contribution in [2.75, 3.05) is 33.4 Å². The molecule has 0 saturated carbocycles. The first kappa shape index (κ1) is 11.7. The Morgan fingerprint density at radius 1 is 1.57 bits per heavy atom. The van der Waals surface area contributed by atoms with Gasteiger partial charge in [-0.15, -0.1) is 0 Å². The molecule has 3 nitrogen and oxygen atoms in total. The van der Waals surface area contributed by atoms with Gasteiger partial charge < -0.3 is 4.74 Å². The summed E-state index contributed by atoms with van der Waals surface area (Å²) in [6.45, 7) is 7.47. The maximum Gasteiger partial charge on any atom is 0.172 e. The van der Waals surface area contributed by atoms with Gasteiger partial charge in [-0.1, -0.05) is 13.8 Å². The van der Waals surface area contributed by atoms with Crippen molar-refractivity contribution >= 4 is 5.78 Å². The van der Waals surface area contributed by atoms with Crippen LogP contribution in [0.2, 0.25) is 0 Å². The van der Waals surface area contributed by atoms with Crippen LogP contribution in [0.3, 0.4) is 0 Å². The summed E-state index contributed by atoms with van der Waals surface area (Å²) in [6.07, 6.45) is 1.23. The molecule has 1 heterocycles. The van der Waals surface area contributed by atoms with Crippen LogP contribution in [0.15, 0.2) is 0 Å². The quantitative estimate of drug-likeness (QED) is 0.666. The van der Waals surface area contributed by atoms with E-state index in [0.717, 1.165) is 24.9 Å². The maximum atomic E-state index is 11.3. The molecule has 1 saturated heterocycles. The molecule has 0 N–H and O–H groups in total. The van der Waals surface area contributed by atoms with E-state index in [4.69, 9.17) is 4.74 Å². The fourth-order valence-electron chi connectivity index (χ4n) is 2.01. The van der Waals surface area contributed by atoms with Crippen LogP contribution < -0.4 is 0 Å². The van der Waals surface area contributed by atoms with Gasteiger partial charge in [-0.05, 0) is 24.8 Å². The first-order valence-corrected chi connectivity index (χ1v) is 5.36. The van der Waals surface area contributed by atoms with Gasteiger partial charge in [-0.3, -0.25) is 9.69 Å². The van der Waals surface area contributed by atoms with E-state index < -0.39 is 0 Å². The Balaban J connectivity index is 2.25. The summed E-state index contributed by atoms with van der Waals surface area (Å²) in [5.41, 5.74) is 0. The molecule has 0 aromatic heterocycles. The molecule has 3 heteroatoms. The Morgan fingerprint density at radius 2 is 2.29 bits per heavy atom. The summed E-state index contributed by atoms with van der Waals surface area (Å²) >= 11 is 0. The zero-order valence-corrected chi connectivity index (χ0v) is 9.45. The minimum absolute atomic E-state index is 0.192. The SMILES string of the molecule is COCC(=O)CN1CCC(C(C)C)C1. The van der Waals surface area contributed by atoms with Crippen LogP contribution in [-0.2, 0) is 9.53 Å². The minimum Gasteiger partial charge on any atom is -0.377 e. The van der Waals surface area contributed by atoms with Crippen LogP contribution in [0.4, 0.5) is 0 Å². The lowest BCUT2D eigenvalue weighted by atomic mass is 9.95. The van der Waals surface area contributed by atoms with Crippen molar-refractivity contribution in [2.45, 2.75) is 20.3 Å². The van der Waals surface area contributed by atoms with E-state index in [-0.39, 0.29) is 12.4 Å². The molecular weight excluding hydrogens is 178 g/mol. The fraction of sp³-hybridized carbons (Fsp3) is 0.909. The van der Waals surface area contributed by atoms with Gasteiger partial charge in [0.15, 0.2) is 5.78 Å². The normalized spacial score (nSPS) is 23.3. The zero-order valence-electron chi connectivity index (χ0n) is 9.45. The van der Waals surface area contributed by atoms with Crippen LogP contribution in [-0.4, -0.2) is 44.0 Å². The number of rotatable bonds is 5. The van der Waals surface area contributed by atoms with E-state index in [1.54, 1.807) is 7.11 Å². The number of nitrogens with zero attached hydrogens (tertiary/aromatic N) is 1. The summed E-state index contributed by atoms with van der Waals surface area (Å²) in [7, 11) is 1.57. The van der Waals surface area contributed by atoms with Crippen LogP contribution in [0.1, 0.15) is 20.3 Å². The standard InChI is InChI=1S/C11H21NO2/c1-9(2)10-4-5-12(6-10)7-11(13)8-14-3/h9-10H,4-8H2,1-3H3. The number of carbonyl (C=O) groups excluding carboxylic acids is 1.